The number of nitrogens with one attached hydrogen (secondary N) is 1. The summed E-state index contributed by atoms with van der Waals surface area (Å²) in [5.41, 5.74) is 1.31. The molecule has 0 aliphatic rings. The topological polar surface area (TPSA) is 63.5 Å². The number of halogens is 1. The Hall–Kier alpha value is -3.06. The smallest absolute Gasteiger partial charge is 0.282 e. The minimum atomic E-state index is -0.638. The fraction of sp³-hybridized carbons (Fsp3) is 0.150. The van der Waals surface area contributed by atoms with E-state index in [-0.39, 0.29) is 11.5 Å². The first-order valence-electron chi connectivity index (χ1n) is 8.43. The third-order valence-corrected chi connectivity index (χ3v) is 4.70. The van der Waals surface area contributed by atoms with Gasteiger partial charge in [0.05, 0.1) is 12.1 Å². The van der Waals surface area contributed by atoms with E-state index in [1.54, 1.807) is 34.3 Å². The van der Waals surface area contributed by atoms with Crippen LogP contribution in [0.1, 0.15) is 33.2 Å². The molecule has 5 nitrogen and oxygen atoms in total. The minimum Gasteiger partial charge on any atom is -0.352 e. The second kappa shape index (κ2) is 8.55. The fourth-order valence-electron chi connectivity index (χ4n) is 2.61. The first kappa shape index (κ1) is 18.7. The molecule has 0 bridgehead atoms. The number of aromatic nitrogens is 1. The summed E-state index contributed by atoms with van der Waals surface area (Å²) in [6.07, 6.45) is 1.78. The van der Waals surface area contributed by atoms with Crippen LogP contribution in [0.3, 0.4) is 0 Å². The molecule has 0 aliphatic heterocycles. The lowest BCUT2D eigenvalue weighted by atomic mass is 10.1. The summed E-state index contributed by atoms with van der Waals surface area (Å²) in [7, 11) is 0. The van der Waals surface area contributed by atoms with E-state index in [0.29, 0.717) is 23.5 Å². The van der Waals surface area contributed by atoms with Gasteiger partial charge in [0.2, 0.25) is 0 Å². The average molecular weight is 383 g/mol. The van der Waals surface area contributed by atoms with Crippen molar-refractivity contribution < 1.29 is 14.0 Å². The summed E-state index contributed by atoms with van der Waals surface area (Å²) < 4.78 is 15.6. The molecule has 1 N–H and O–H groups in total. The van der Waals surface area contributed by atoms with Crippen molar-refractivity contribution >= 4 is 23.2 Å². The van der Waals surface area contributed by atoms with E-state index in [9.17, 15) is 14.0 Å². The van der Waals surface area contributed by atoms with Crippen LogP contribution in [-0.4, -0.2) is 22.9 Å². The average Bonchev–Trinajstić information content (AvgIpc) is 3.09. The van der Waals surface area contributed by atoms with Crippen LogP contribution in [0.25, 0.3) is 0 Å². The van der Waals surface area contributed by atoms with E-state index in [1.165, 1.54) is 29.5 Å². The zero-order valence-corrected chi connectivity index (χ0v) is 15.5. The van der Waals surface area contributed by atoms with Gasteiger partial charge in [-0.3, -0.25) is 9.59 Å². The van der Waals surface area contributed by atoms with Crippen molar-refractivity contribution in [3.8, 4) is 0 Å². The quantitative estimate of drug-likeness (QED) is 0.735. The summed E-state index contributed by atoms with van der Waals surface area (Å²) in [5, 5.41) is 4.59. The van der Waals surface area contributed by atoms with Crippen LogP contribution in [0.5, 0.6) is 0 Å². The Morgan fingerprint density at radius 2 is 1.81 bits per heavy atom. The van der Waals surface area contributed by atoms with Crippen molar-refractivity contribution in [2.75, 3.05) is 6.54 Å². The van der Waals surface area contributed by atoms with Crippen LogP contribution in [0.4, 0.5) is 4.39 Å². The van der Waals surface area contributed by atoms with E-state index < -0.39 is 11.7 Å². The van der Waals surface area contributed by atoms with Crippen LogP contribution in [0.2, 0.25) is 0 Å². The van der Waals surface area contributed by atoms with E-state index in [0.717, 1.165) is 5.56 Å². The molecule has 1 aromatic heterocycles. The van der Waals surface area contributed by atoms with Gasteiger partial charge < -0.3 is 9.88 Å². The minimum absolute atomic E-state index is 0.0693. The first-order valence-corrected chi connectivity index (χ1v) is 9.31. The number of thiazole rings is 1. The number of nitrogens with zero attached hydrogens (tertiary/aromatic N) is 2. The summed E-state index contributed by atoms with van der Waals surface area (Å²) in [6, 6.07) is 13.0. The van der Waals surface area contributed by atoms with Gasteiger partial charge in [-0.1, -0.05) is 30.3 Å². The normalized spacial score (nSPS) is 11.4. The van der Waals surface area contributed by atoms with E-state index in [1.807, 2.05) is 19.1 Å². The standard InChI is InChI=1S/C20H18FN3O2S/c1-2-22-18(25)15-8-4-3-7-14(15)13-24-11-12-27-20(24)23-19(26)16-9-5-6-10-17(16)21/h3-12H,2,13H2,1H3,(H,22,25). The zero-order chi connectivity index (χ0) is 19.2. The number of benzene rings is 2. The third-order valence-electron chi connectivity index (χ3n) is 3.90. The molecule has 0 spiro atoms. The van der Waals surface area contributed by atoms with Gasteiger partial charge in [-0.05, 0) is 30.7 Å². The molecule has 0 radical (unpaired) electrons. The van der Waals surface area contributed by atoms with Crippen molar-refractivity contribution in [1.82, 2.24) is 9.88 Å². The van der Waals surface area contributed by atoms with Gasteiger partial charge in [-0.15, -0.1) is 11.3 Å². The highest BCUT2D eigenvalue weighted by Gasteiger charge is 2.12. The SMILES string of the molecule is CCNC(=O)c1ccccc1Cn1ccsc1=NC(=O)c1ccccc1F. The maximum Gasteiger partial charge on any atom is 0.282 e. The number of rotatable bonds is 5. The van der Waals surface area contributed by atoms with E-state index >= 15 is 0 Å². The molecule has 0 saturated carbocycles. The van der Waals surface area contributed by atoms with Gasteiger partial charge in [0.1, 0.15) is 5.82 Å². The largest absolute Gasteiger partial charge is 0.352 e. The second-order valence-corrected chi connectivity index (χ2v) is 6.60. The predicted octanol–water partition coefficient (Wildman–Crippen LogP) is 3.23. The Kier molecular flexibility index (Phi) is 5.93. The lowest BCUT2D eigenvalue weighted by molar-refractivity contribution is 0.0952. The molecule has 7 heteroatoms. The number of amides is 2. The van der Waals surface area contributed by atoms with Gasteiger partial charge in [0, 0.05) is 23.7 Å². The van der Waals surface area contributed by atoms with E-state index in [2.05, 4.69) is 10.3 Å². The van der Waals surface area contributed by atoms with Crippen LogP contribution in [0, 0.1) is 5.82 Å². The van der Waals surface area contributed by atoms with Gasteiger partial charge in [-0.2, -0.15) is 4.99 Å². The molecule has 3 aromatic rings. The van der Waals surface area contributed by atoms with Crippen molar-refractivity contribution in [3.63, 3.8) is 0 Å². The monoisotopic (exact) mass is 383 g/mol. The number of carbonyl (C=O) groups excluding carboxylic acids is 2. The Labute approximate surface area is 159 Å². The molecule has 27 heavy (non-hydrogen) atoms. The fourth-order valence-corrected chi connectivity index (χ4v) is 3.33. The molecule has 0 unspecified atom stereocenters. The maximum absolute atomic E-state index is 13.8. The number of hydrogen-bond acceptors (Lipinski definition) is 3. The van der Waals surface area contributed by atoms with E-state index in [4.69, 9.17) is 0 Å². The zero-order valence-electron chi connectivity index (χ0n) is 14.7. The molecule has 3 rings (SSSR count). The van der Waals surface area contributed by atoms with Gasteiger partial charge in [0.15, 0.2) is 4.80 Å². The van der Waals surface area contributed by atoms with Crippen LogP contribution < -0.4 is 10.1 Å². The third kappa shape index (κ3) is 4.38. The second-order valence-electron chi connectivity index (χ2n) is 5.73. The summed E-state index contributed by atoms with van der Waals surface area (Å²) in [5.74, 6) is -1.39. The highest BCUT2D eigenvalue weighted by molar-refractivity contribution is 7.07. The highest BCUT2D eigenvalue weighted by Crippen LogP contribution is 2.11. The molecule has 0 fully saturated rings. The molecule has 0 atom stereocenters. The molecule has 0 aliphatic carbocycles. The van der Waals surface area contributed by atoms with Crippen LogP contribution in [-0.2, 0) is 6.54 Å². The van der Waals surface area contributed by atoms with Crippen molar-refractivity contribution in [3.05, 3.63) is 87.4 Å². The molecule has 2 aromatic carbocycles. The predicted molar refractivity (Wildman–Crippen MR) is 102 cm³/mol. The number of carbonyl (C=O) groups is 2. The molecular formula is C20H18FN3O2S. The Balaban J connectivity index is 1.92. The Morgan fingerprint density at radius 3 is 2.56 bits per heavy atom. The Morgan fingerprint density at radius 1 is 1.11 bits per heavy atom. The highest BCUT2D eigenvalue weighted by atomic mass is 32.1. The van der Waals surface area contributed by atoms with Crippen LogP contribution >= 0.6 is 11.3 Å². The lowest BCUT2D eigenvalue weighted by Gasteiger charge is -2.10. The Bertz CT molecular complexity index is 1040. The summed E-state index contributed by atoms with van der Waals surface area (Å²) in [6.45, 7) is 2.77. The van der Waals surface area contributed by atoms with Gasteiger partial charge >= 0.3 is 0 Å². The first-order chi connectivity index (χ1) is 13.1. The number of hydrogen-bond donors (Lipinski definition) is 1. The van der Waals surface area contributed by atoms with Crippen LogP contribution in [0.15, 0.2) is 65.1 Å². The molecule has 2 amide bonds. The lowest BCUT2D eigenvalue weighted by Crippen LogP contribution is -2.25. The van der Waals surface area contributed by atoms with Crippen molar-refractivity contribution in [2.24, 2.45) is 4.99 Å². The van der Waals surface area contributed by atoms with Crippen molar-refractivity contribution in [2.45, 2.75) is 13.5 Å². The summed E-state index contributed by atoms with van der Waals surface area (Å²) >= 11 is 1.27. The summed E-state index contributed by atoms with van der Waals surface area (Å²) in [4.78, 5) is 29.1. The van der Waals surface area contributed by atoms with Gasteiger partial charge in [0.25, 0.3) is 11.8 Å². The van der Waals surface area contributed by atoms with Crippen molar-refractivity contribution in [1.29, 1.82) is 0 Å². The maximum atomic E-state index is 13.8. The molecular weight excluding hydrogens is 365 g/mol. The molecule has 138 valence electrons. The van der Waals surface area contributed by atoms with Gasteiger partial charge in [-0.25, -0.2) is 4.39 Å². The molecule has 0 saturated heterocycles. The molecule has 1 heterocycles.